The van der Waals surface area contributed by atoms with Crippen LogP contribution >= 0.6 is 0 Å². The number of carboxylic acid groups (broad SMARTS) is 1. The molecule has 0 bridgehead atoms. The average Bonchev–Trinajstić information content (AvgIpc) is 3.32. The van der Waals surface area contributed by atoms with Gasteiger partial charge in [-0.15, -0.1) is 0 Å². The zero-order valence-electron chi connectivity index (χ0n) is 23.0. The maximum atomic E-state index is 14.1. The van der Waals surface area contributed by atoms with Gasteiger partial charge in [0.05, 0.1) is 38.6 Å². The molecule has 41 heavy (non-hydrogen) atoms. The molecule has 1 unspecified atom stereocenters. The van der Waals surface area contributed by atoms with E-state index in [4.69, 9.17) is 14.6 Å². The van der Waals surface area contributed by atoms with Gasteiger partial charge in [0.25, 0.3) is 5.91 Å². The highest BCUT2D eigenvalue weighted by molar-refractivity contribution is 5.99. The Morgan fingerprint density at radius 2 is 1.54 bits per heavy atom. The largest absolute Gasteiger partial charge is 0.465 e. The summed E-state index contributed by atoms with van der Waals surface area (Å²) in [6.07, 6.45) is 3.35. The number of aromatic nitrogens is 1. The van der Waals surface area contributed by atoms with Gasteiger partial charge in [-0.2, -0.15) is 0 Å². The average molecular weight is 581 g/mol. The molecule has 2 aliphatic rings. The second-order valence-corrected chi connectivity index (χ2v) is 10.4. The lowest BCUT2D eigenvalue weighted by atomic mass is 9.83. The standard InChI is InChI=1S/C28H38F2N4O7/c29-21-16-20-17-24(34(23(20)18-22(21)30)10-12-40-14-15-41-13-11-35)26(36)32-6-8-33(9-7-32)27(37)25(31-28(38)39)19-4-2-1-3-5-19/h16-19,25,31,35H,1-15H2,(H,38,39). The van der Waals surface area contributed by atoms with Crippen molar-refractivity contribution in [3.63, 3.8) is 0 Å². The van der Waals surface area contributed by atoms with Gasteiger partial charge >= 0.3 is 6.09 Å². The van der Waals surface area contributed by atoms with Gasteiger partial charge < -0.3 is 39.4 Å². The fourth-order valence-electron chi connectivity index (χ4n) is 5.69. The maximum absolute atomic E-state index is 14.1. The Morgan fingerprint density at radius 3 is 2.20 bits per heavy atom. The van der Waals surface area contributed by atoms with Gasteiger partial charge in [-0.05, 0) is 30.9 Å². The molecule has 4 rings (SSSR count). The van der Waals surface area contributed by atoms with Crippen LogP contribution in [0.5, 0.6) is 0 Å². The molecule has 2 aromatic rings. The monoisotopic (exact) mass is 580 g/mol. The number of nitrogens with zero attached hydrogens (tertiary/aromatic N) is 3. The Balaban J connectivity index is 1.43. The number of hydrogen-bond acceptors (Lipinski definition) is 6. The van der Waals surface area contributed by atoms with Gasteiger partial charge in [0.2, 0.25) is 5.91 Å². The highest BCUT2D eigenvalue weighted by Gasteiger charge is 2.36. The predicted octanol–water partition coefficient (Wildman–Crippen LogP) is 2.45. The minimum absolute atomic E-state index is 0.0491. The number of piperazine rings is 1. The second kappa shape index (κ2) is 14.6. The second-order valence-electron chi connectivity index (χ2n) is 10.4. The zero-order chi connectivity index (χ0) is 29.4. The first-order valence-electron chi connectivity index (χ1n) is 14.1. The van der Waals surface area contributed by atoms with E-state index in [0.717, 1.165) is 44.2 Å². The van der Waals surface area contributed by atoms with Crippen LogP contribution in [0.15, 0.2) is 18.2 Å². The third-order valence-corrected chi connectivity index (χ3v) is 7.77. The Bertz CT molecular complexity index is 1210. The number of carbonyl (C=O) groups is 3. The van der Waals surface area contributed by atoms with Crippen molar-refractivity contribution in [1.82, 2.24) is 19.7 Å². The van der Waals surface area contributed by atoms with E-state index >= 15 is 0 Å². The van der Waals surface area contributed by atoms with Crippen LogP contribution in [0, 0.1) is 17.6 Å². The topological polar surface area (TPSA) is 134 Å². The lowest BCUT2D eigenvalue weighted by Crippen LogP contribution is -2.57. The van der Waals surface area contributed by atoms with Crippen LogP contribution in [-0.4, -0.2) is 108 Å². The number of ether oxygens (including phenoxy) is 2. The van der Waals surface area contributed by atoms with Crippen LogP contribution in [0.2, 0.25) is 0 Å². The van der Waals surface area contributed by atoms with Crippen molar-refractivity contribution in [1.29, 1.82) is 0 Å². The molecule has 3 N–H and O–H groups in total. The molecule has 1 aliphatic heterocycles. The van der Waals surface area contributed by atoms with Gasteiger partial charge in [0.1, 0.15) is 11.7 Å². The summed E-state index contributed by atoms with van der Waals surface area (Å²) in [6, 6.07) is 2.83. The molecule has 1 saturated heterocycles. The van der Waals surface area contributed by atoms with Gasteiger partial charge in [-0.25, -0.2) is 13.6 Å². The fourth-order valence-corrected chi connectivity index (χ4v) is 5.69. The van der Waals surface area contributed by atoms with E-state index in [0.29, 0.717) is 10.9 Å². The number of halogens is 2. The number of hydrogen-bond donors (Lipinski definition) is 3. The summed E-state index contributed by atoms with van der Waals surface area (Å²) in [5.74, 6) is -2.70. The predicted molar refractivity (Wildman–Crippen MR) is 145 cm³/mol. The number of nitrogens with one attached hydrogen (secondary N) is 1. The summed E-state index contributed by atoms with van der Waals surface area (Å²) in [4.78, 5) is 41.6. The first kappa shape index (κ1) is 30.7. The van der Waals surface area contributed by atoms with Crippen LogP contribution in [0.1, 0.15) is 42.6 Å². The molecule has 1 aromatic heterocycles. The zero-order valence-corrected chi connectivity index (χ0v) is 23.0. The normalized spacial score (nSPS) is 17.1. The molecule has 0 radical (unpaired) electrons. The van der Waals surface area contributed by atoms with E-state index in [2.05, 4.69) is 5.32 Å². The molecule has 11 nitrogen and oxygen atoms in total. The summed E-state index contributed by atoms with van der Waals surface area (Å²) in [5, 5.41) is 20.9. The van der Waals surface area contributed by atoms with Crippen LogP contribution in [0.25, 0.3) is 10.9 Å². The summed E-state index contributed by atoms with van der Waals surface area (Å²) < 4.78 is 40.4. The van der Waals surface area contributed by atoms with Crippen LogP contribution in [0.3, 0.4) is 0 Å². The Labute approximate surface area is 237 Å². The molecular formula is C28H38F2N4O7. The first-order chi connectivity index (χ1) is 19.8. The molecular weight excluding hydrogens is 542 g/mol. The third kappa shape index (κ3) is 7.72. The van der Waals surface area contributed by atoms with Crippen LogP contribution in [0.4, 0.5) is 13.6 Å². The van der Waals surface area contributed by atoms with E-state index < -0.39 is 23.8 Å². The third-order valence-electron chi connectivity index (χ3n) is 7.77. The van der Waals surface area contributed by atoms with Gasteiger partial charge in [0, 0.05) is 44.2 Å². The van der Waals surface area contributed by atoms with E-state index in [9.17, 15) is 28.3 Å². The molecule has 3 amide bonds. The van der Waals surface area contributed by atoms with Crippen LogP contribution in [-0.2, 0) is 20.8 Å². The molecule has 0 spiro atoms. The highest BCUT2D eigenvalue weighted by atomic mass is 19.2. The number of fused-ring (bicyclic) bond motifs is 1. The maximum Gasteiger partial charge on any atom is 0.405 e. The quantitative estimate of drug-likeness (QED) is 0.329. The number of aliphatic hydroxyl groups excluding tert-OH is 1. The van der Waals surface area contributed by atoms with Crippen molar-refractivity contribution in [2.75, 3.05) is 59.2 Å². The minimum atomic E-state index is -1.23. The number of carbonyl (C=O) groups excluding carboxylic acids is 2. The van der Waals surface area contributed by atoms with Gasteiger partial charge in [-0.3, -0.25) is 9.59 Å². The number of benzene rings is 1. The lowest BCUT2D eigenvalue weighted by Gasteiger charge is -2.38. The lowest BCUT2D eigenvalue weighted by molar-refractivity contribution is -0.136. The summed E-state index contributed by atoms with van der Waals surface area (Å²) in [7, 11) is 0. The van der Waals surface area contributed by atoms with Crippen molar-refractivity contribution in [3.8, 4) is 0 Å². The molecule has 2 fully saturated rings. The Hall–Kier alpha value is -3.29. The highest BCUT2D eigenvalue weighted by Crippen LogP contribution is 2.28. The fraction of sp³-hybridized carbons (Fsp3) is 0.607. The Kier molecular flexibility index (Phi) is 10.9. The molecule has 1 atom stereocenters. The van der Waals surface area contributed by atoms with Gasteiger partial charge in [0.15, 0.2) is 11.6 Å². The molecule has 2 heterocycles. The smallest absolute Gasteiger partial charge is 0.405 e. The minimum Gasteiger partial charge on any atom is -0.465 e. The molecule has 13 heteroatoms. The SMILES string of the molecule is O=C(O)NC(C(=O)N1CCN(C(=O)c2cc3cc(F)c(F)cc3n2CCOCCOCCO)CC1)C1CCCCC1. The van der Waals surface area contributed by atoms with E-state index in [1.54, 1.807) is 14.4 Å². The number of amides is 3. The molecule has 1 aliphatic carbocycles. The van der Waals surface area contributed by atoms with E-state index in [1.165, 1.54) is 6.07 Å². The Morgan fingerprint density at radius 1 is 0.902 bits per heavy atom. The first-order valence-corrected chi connectivity index (χ1v) is 14.1. The van der Waals surface area contributed by atoms with Crippen molar-refractivity contribution in [2.45, 2.75) is 44.7 Å². The number of rotatable bonds is 12. The van der Waals surface area contributed by atoms with Gasteiger partial charge in [-0.1, -0.05) is 19.3 Å². The van der Waals surface area contributed by atoms with Crippen molar-refractivity contribution >= 4 is 28.8 Å². The van der Waals surface area contributed by atoms with E-state index in [1.807, 2.05) is 0 Å². The summed E-state index contributed by atoms with van der Waals surface area (Å²) >= 11 is 0. The summed E-state index contributed by atoms with van der Waals surface area (Å²) in [5.41, 5.74) is 0.605. The molecule has 226 valence electrons. The van der Waals surface area contributed by atoms with Crippen molar-refractivity contribution < 1.29 is 42.9 Å². The van der Waals surface area contributed by atoms with E-state index in [-0.39, 0.29) is 89.2 Å². The van der Waals surface area contributed by atoms with Crippen LogP contribution < -0.4 is 5.32 Å². The van der Waals surface area contributed by atoms with Crippen molar-refractivity contribution in [3.05, 3.63) is 35.5 Å². The summed E-state index contributed by atoms with van der Waals surface area (Å²) in [6.45, 7) is 2.01. The molecule has 1 saturated carbocycles. The van der Waals surface area contributed by atoms with Crippen molar-refractivity contribution in [2.24, 2.45) is 5.92 Å². The number of aliphatic hydroxyl groups is 1. The molecule has 1 aromatic carbocycles.